The molecule has 0 fully saturated rings. The molecule has 134 valence electrons. The topological polar surface area (TPSA) is 92.3 Å². The average molecular weight is 354 g/mol. The molecule has 2 atom stereocenters. The van der Waals surface area contributed by atoms with E-state index in [0.717, 1.165) is 5.39 Å². The van der Waals surface area contributed by atoms with Gasteiger partial charge in [0.15, 0.2) is 11.7 Å². The molecule has 2 aliphatic rings. The van der Waals surface area contributed by atoms with Crippen molar-refractivity contribution in [3.05, 3.63) is 53.3 Å². The van der Waals surface area contributed by atoms with Gasteiger partial charge < -0.3 is 29.2 Å². The second kappa shape index (κ2) is 4.72. The molecular formula is C20H18O6. The SMILES string of the molecule is CC(C)(O)c1cc2cc3c(cc2o1)OC[C@@]1(O)c2ccc(O)cc2O[C@@H]31. The van der Waals surface area contributed by atoms with E-state index in [4.69, 9.17) is 13.9 Å². The number of hydrogen-bond acceptors (Lipinski definition) is 6. The van der Waals surface area contributed by atoms with Crippen LogP contribution in [0.5, 0.6) is 17.2 Å². The number of ether oxygens (including phenoxy) is 2. The van der Waals surface area contributed by atoms with Crippen molar-refractivity contribution in [3.63, 3.8) is 0 Å². The van der Waals surface area contributed by atoms with Gasteiger partial charge in [0.2, 0.25) is 0 Å². The van der Waals surface area contributed by atoms with Crippen LogP contribution < -0.4 is 9.47 Å². The quantitative estimate of drug-likeness (QED) is 0.622. The number of benzene rings is 2. The highest BCUT2D eigenvalue weighted by molar-refractivity contribution is 5.81. The molecule has 6 heteroatoms. The van der Waals surface area contributed by atoms with Crippen LogP contribution in [0.2, 0.25) is 0 Å². The molecule has 5 rings (SSSR count). The third-order valence-corrected chi connectivity index (χ3v) is 5.09. The van der Waals surface area contributed by atoms with Gasteiger partial charge in [-0.15, -0.1) is 0 Å². The number of aromatic hydroxyl groups is 1. The molecule has 1 aromatic heterocycles. The lowest BCUT2D eigenvalue weighted by molar-refractivity contribution is -0.0862. The van der Waals surface area contributed by atoms with Gasteiger partial charge in [0, 0.05) is 28.6 Å². The standard InChI is InChI=1S/C20H18O6/c1-19(2,22)17-6-10-5-12-15(8-14(10)25-17)24-9-20(23)13-4-3-11(21)7-16(13)26-18(12)20/h3-8,18,21-23H,9H2,1-2H3/t18-,20+/m0/s1. The van der Waals surface area contributed by atoms with Crippen LogP contribution in [0, 0.1) is 0 Å². The predicted molar refractivity (Wildman–Crippen MR) is 92.3 cm³/mol. The van der Waals surface area contributed by atoms with Crippen LogP contribution in [0.25, 0.3) is 11.0 Å². The number of phenols is 1. The van der Waals surface area contributed by atoms with Crippen LogP contribution in [-0.2, 0) is 11.2 Å². The summed E-state index contributed by atoms with van der Waals surface area (Å²) in [5.74, 6) is 1.54. The first-order chi connectivity index (χ1) is 12.3. The molecule has 26 heavy (non-hydrogen) atoms. The Bertz CT molecular complexity index is 1040. The maximum atomic E-state index is 11.2. The predicted octanol–water partition coefficient (Wildman–Crippen LogP) is 3.08. The number of furan rings is 1. The van der Waals surface area contributed by atoms with Gasteiger partial charge >= 0.3 is 0 Å². The van der Waals surface area contributed by atoms with Crippen LogP contribution in [0.4, 0.5) is 0 Å². The molecule has 0 aliphatic carbocycles. The molecule has 3 N–H and O–H groups in total. The van der Waals surface area contributed by atoms with E-state index >= 15 is 0 Å². The molecule has 3 aromatic rings. The molecule has 0 saturated heterocycles. The summed E-state index contributed by atoms with van der Waals surface area (Å²) in [4.78, 5) is 0. The van der Waals surface area contributed by atoms with Gasteiger partial charge in [0.25, 0.3) is 0 Å². The fraction of sp³-hybridized carbons (Fsp3) is 0.300. The molecule has 0 amide bonds. The lowest BCUT2D eigenvalue weighted by atomic mass is 9.84. The van der Waals surface area contributed by atoms with Crippen molar-refractivity contribution < 1.29 is 29.2 Å². The molecule has 2 aromatic carbocycles. The van der Waals surface area contributed by atoms with Crippen LogP contribution in [-0.4, -0.2) is 21.9 Å². The third-order valence-electron chi connectivity index (χ3n) is 5.09. The van der Waals surface area contributed by atoms with E-state index in [1.807, 2.05) is 6.07 Å². The normalized spacial score (nSPS) is 23.8. The fourth-order valence-electron chi connectivity index (χ4n) is 3.71. The summed E-state index contributed by atoms with van der Waals surface area (Å²) in [7, 11) is 0. The van der Waals surface area contributed by atoms with Gasteiger partial charge in [-0.1, -0.05) is 0 Å². The van der Waals surface area contributed by atoms with Crippen LogP contribution in [0.3, 0.4) is 0 Å². The number of hydrogen-bond donors (Lipinski definition) is 3. The smallest absolute Gasteiger partial charge is 0.168 e. The third kappa shape index (κ3) is 2.00. The first kappa shape index (κ1) is 15.5. The van der Waals surface area contributed by atoms with Crippen molar-refractivity contribution in [1.82, 2.24) is 0 Å². The number of phenolic OH excluding ortho intramolecular Hbond substituents is 1. The minimum absolute atomic E-state index is 0.0347. The average Bonchev–Trinajstić information content (AvgIpc) is 3.11. The summed E-state index contributed by atoms with van der Waals surface area (Å²) in [5.41, 5.74) is -0.537. The monoisotopic (exact) mass is 354 g/mol. The van der Waals surface area contributed by atoms with E-state index in [2.05, 4.69) is 0 Å². The lowest BCUT2D eigenvalue weighted by Crippen LogP contribution is -2.41. The zero-order valence-corrected chi connectivity index (χ0v) is 14.3. The molecule has 0 spiro atoms. The highest BCUT2D eigenvalue weighted by Crippen LogP contribution is 2.54. The van der Waals surface area contributed by atoms with Crippen LogP contribution in [0.15, 0.2) is 40.8 Å². The van der Waals surface area contributed by atoms with Crippen molar-refractivity contribution >= 4 is 11.0 Å². The first-order valence-electron chi connectivity index (χ1n) is 8.41. The molecule has 6 nitrogen and oxygen atoms in total. The summed E-state index contributed by atoms with van der Waals surface area (Å²) in [5, 5.41) is 31.9. The molecule has 0 radical (unpaired) electrons. The van der Waals surface area contributed by atoms with E-state index in [0.29, 0.717) is 34.0 Å². The van der Waals surface area contributed by atoms with Gasteiger partial charge in [-0.05, 0) is 38.1 Å². The van der Waals surface area contributed by atoms with Crippen LogP contribution in [0.1, 0.15) is 36.8 Å². The van der Waals surface area contributed by atoms with Crippen molar-refractivity contribution in [3.8, 4) is 17.2 Å². The Balaban J connectivity index is 1.66. The lowest BCUT2D eigenvalue weighted by Gasteiger charge is -2.34. The second-order valence-electron chi connectivity index (χ2n) is 7.49. The van der Waals surface area contributed by atoms with Crippen molar-refractivity contribution in [2.24, 2.45) is 0 Å². The van der Waals surface area contributed by atoms with E-state index in [1.54, 1.807) is 32.0 Å². The Morgan fingerprint density at radius 3 is 2.69 bits per heavy atom. The van der Waals surface area contributed by atoms with E-state index in [1.165, 1.54) is 12.1 Å². The summed E-state index contributed by atoms with van der Waals surface area (Å²) < 4.78 is 17.5. The van der Waals surface area contributed by atoms with Crippen LogP contribution >= 0.6 is 0 Å². The Labute approximate surface area is 149 Å². The largest absolute Gasteiger partial charge is 0.508 e. The van der Waals surface area contributed by atoms with Gasteiger partial charge in [0.1, 0.15) is 40.8 Å². The summed E-state index contributed by atoms with van der Waals surface area (Å²) in [6.07, 6.45) is -0.645. The first-order valence-corrected chi connectivity index (χ1v) is 8.41. The zero-order chi connectivity index (χ0) is 18.3. The zero-order valence-electron chi connectivity index (χ0n) is 14.3. The molecular weight excluding hydrogens is 336 g/mol. The highest BCUT2D eigenvalue weighted by atomic mass is 16.5. The second-order valence-corrected chi connectivity index (χ2v) is 7.49. The summed E-state index contributed by atoms with van der Waals surface area (Å²) >= 11 is 0. The Kier molecular flexibility index (Phi) is 2.82. The number of fused-ring (bicyclic) bond motifs is 6. The minimum Gasteiger partial charge on any atom is -0.508 e. The van der Waals surface area contributed by atoms with Gasteiger partial charge in [-0.3, -0.25) is 0 Å². The molecule has 2 aliphatic heterocycles. The van der Waals surface area contributed by atoms with Crippen molar-refractivity contribution in [2.75, 3.05) is 6.61 Å². The number of aliphatic hydroxyl groups is 2. The van der Waals surface area contributed by atoms with Gasteiger partial charge in [-0.25, -0.2) is 0 Å². The van der Waals surface area contributed by atoms with Gasteiger partial charge in [0.05, 0.1) is 0 Å². The Hall–Kier alpha value is -2.70. The summed E-state index contributed by atoms with van der Waals surface area (Å²) in [6.45, 7) is 3.35. The summed E-state index contributed by atoms with van der Waals surface area (Å²) in [6, 6.07) is 10.0. The van der Waals surface area contributed by atoms with Gasteiger partial charge in [-0.2, -0.15) is 0 Å². The van der Waals surface area contributed by atoms with E-state index in [9.17, 15) is 15.3 Å². The maximum Gasteiger partial charge on any atom is 0.168 e. The Morgan fingerprint density at radius 1 is 1.12 bits per heavy atom. The molecule has 0 saturated carbocycles. The minimum atomic E-state index is -1.33. The van der Waals surface area contributed by atoms with Crippen molar-refractivity contribution in [1.29, 1.82) is 0 Å². The number of rotatable bonds is 1. The fourth-order valence-corrected chi connectivity index (χ4v) is 3.71. The van der Waals surface area contributed by atoms with E-state index < -0.39 is 17.3 Å². The Morgan fingerprint density at radius 2 is 1.92 bits per heavy atom. The molecule has 0 bridgehead atoms. The van der Waals surface area contributed by atoms with E-state index in [-0.39, 0.29) is 12.4 Å². The molecule has 0 unspecified atom stereocenters. The molecule has 3 heterocycles. The highest BCUT2D eigenvalue weighted by Gasteiger charge is 2.53. The maximum absolute atomic E-state index is 11.2. The van der Waals surface area contributed by atoms with Crippen molar-refractivity contribution in [2.45, 2.75) is 31.2 Å².